The third kappa shape index (κ3) is 4.80. The van der Waals surface area contributed by atoms with Gasteiger partial charge in [0.2, 0.25) is 5.91 Å². The van der Waals surface area contributed by atoms with E-state index in [9.17, 15) is 13.2 Å². The number of rotatable bonds is 6. The highest BCUT2D eigenvalue weighted by Gasteiger charge is 2.34. The first kappa shape index (κ1) is 19.7. The van der Waals surface area contributed by atoms with Crippen LogP contribution < -0.4 is 5.32 Å². The average molecular weight is 402 g/mol. The highest BCUT2D eigenvalue weighted by molar-refractivity contribution is 7.86. The number of nitrogens with zero attached hydrogens (tertiary/aromatic N) is 4. The Bertz CT molecular complexity index is 681. The van der Waals surface area contributed by atoms with Gasteiger partial charge < -0.3 is 5.32 Å². The molecule has 1 aliphatic heterocycles. The summed E-state index contributed by atoms with van der Waals surface area (Å²) in [5, 5.41) is 5.15. The van der Waals surface area contributed by atoms with Gasteiger partial charge in [0.15, 0.2) is 5.13 Å². The monoisotopic (exact) mass is 401 g/mol. The Morgan fingerprint density at radius 1 is 1.27 bits per heavy atom. The van der Waals surface area contributed by atoms with Gasteiger partial charge in [-0.25, -0.2) is 4.98 Å². The highest BCUT2D eigenvalue weighted by Crippen LogP contribution is 2.25. The molecule has 0 radical (unpaired) electrons. The van der Waals surface area contributed by atoms with E-state index in [1.165, 1.54) is 17.8 Å². The molecule has 0 unspecified atom stereocenters. The van der Waals surface area contributed by atoms with E-state index in [0.29, 0.717) is 31.3 Å². The minimum Gasteiger partial charge on any atom is -0.301 e. The molecule has 0 spiro atoms. The zero-order chi connectivity index (χ0) is 18.6. The average Bonchev–Trinajstić information content (AvgIpc) is 3.15. The molecule has 1 aromatic rings. The third-order valence-electron chi connectivity index (χ3n) is 5.16. The van der Waals surface area contributed by atoms with Crippen molar-refractivity contribution in [2.24, 2.45) is 0 Å². The number of nitrogens with one attached hydrogen (secondary N) is 1. The summed E-state index contributed by atoms with van der Waals surface area (Å²) in [6, 6.07) is 0.121. The Morgan fingerprint density at radius 2 is 1.96 bits per heavy atom. The van der Waals surface area contributed by atoms with Crippen LogP contribution in [0.4, 0.5) is 5.13 Å². The van der Waals surface area contributed by atoms with Crippen molar-refractivity contribution in [3.05, 3.63) is 11.6 Å². The lowest BCUT2D eigenvalue weighted by molar-refractivity contribution is -0.117. The number of thiazole rings is 1. The maximum atomic E-state index is 12.9. The van der Waals surface area contributed by atoms with Crippen LogP contribution in [0.15, 0.2) is 11.6 Å². The van der Waals surface area contributed by atoms with Gasteiger partial charge in [0.05, 0.1) is 6.54 Å². The molecule has 3 rings (SSSR count). The fourth-order valence-corrected chi connectivity index (χ4v) is 5.70. The van der Waals surface area contributed by atoms with Crippen LogP contribution >= 0.6 is 11.3 Å². The summed E-state index contributed by atoms with van der Waals surface area (Å²) >= 11 is 1.38. The lowest BCUT2D eigenvalue weighted by Gasteiger charge is -2.38. The van der Waals surface area contributed by atoms with Gasteiger partial charge in [-0.15, -0.1) is 11.3 Å². The van der Waals surface area contributed by atoms with Crippen LogP contribution in [-0.2, 0) is 15.0 Å². The topological polar surface area (TPSA) is 85.9 Å². The highest BCUT2D eigenvalue weighted by atomic mass is 32.2. The van der Waals surface area contributed by atoms with Gasteiger partial charge in [-0.2, -0.15) is 17.0 Å². The largest absolute Gasteiger partial charge is 0.301 e. The van der Waals surface area contributed by atoms with Crippen molar-refractivity contribution >= 4 is 32.6 Å². The van der Waals surface area contributed by atoms with E-state index in [2.05, 4.69) is 10.3 Å². The Kier molecular flexibility index (Phi) is 6.62. The minimum atomic E-state index is -3.42. The van der Waals surface area contributed by atoms with Crippen molar-refractivity contribution in [3.63, 3.8) is 0 Å². The molecule has 2 heterocycles. The zero-order valence-corrected chi connectivity index (χ0v) is 16.8. The Hall–Kier alpha value is -1.07. The molecule has 1 amide bonds. The first-order chi connectivity index (χ1) is 12.5. The molecule has 146 valence electrons. The van der Waals surface area contributed by atoms with E-state index in [-0.39, 0.29) is 18.5 Å². The second-order valence-corrected chi connectivity index (χ2v) is 9.76. The van der Waals surface area contributed by atoms with Crippen molar-refractivity contribution < 1.29 is 13.2 Å². The van der Waals surface area contributed by atoms with Crippen molar-refractivity contribution in [2.75, 3.05) is 45.1 Å². The number of aromatic nitrogens is 1. The molecule has 26 heavy (non-hydrogen) atoms. The number of carbonyl (C=O) groups excluding carboxylic acids is 1. The summed E-state index contributed by atoms with van der Waals surface area (Å²) in [6.45, 7) is 2.21. The van der Waals surface area contributed by atoms with Gasteiger partial charge in [0, 0.05) is 50.8 Å². The maximum Gasteiger partial charge on any atom is 0.282 e. The summed E-state index contributed by atoms with van der Waals surface area (Å²) in [5.41, 5.74) is 0. The second-order valence-electron chi connectivity index (χ2n) is 6.88. The number of hydrogen-bond donors (Lipinski definition) is 1. The van der Waals surface area contributed by atoms with E-state index in [1.807, 2.05) is 10.3 Å². The zero-order valence-electron chi connectivity index (χ0n) is 15.1. The molecule has 1 aromatic heterocycles. The quantitative estimate of drug-likeness (QED) is 0.774. The summed E-state index contributed by atoms with van der Waals surface area (Å²) in [6.07, 6.45) is 6.96. The molecule has 2 aliphatic rings. The first-order valence-corrected chi connectivity index (χ1v) is 11.4. The lowest BCUT2D eigenvalue weighted by Crippen LogP contribution is -2.55. The molecule has 1 saturated carbocycles. The van der Waals surface area contributed by atoms with Crippen molar-refractivity contribution in [1.82, 2.24) is 18.5 Å². The van der Waals surface area contributed by atoms with Crippen LogP contribution in [-0.4, -0.2) is 78.6 Å². The summed E-state index contributed by atoms with van der Waals surface area (Å²) < 4.78 is 28.9. The number of amides is 1. The predicted octanol–water partition coefficient (Wildman–Crippen LogP) is 1.21. The Balaban J connectivity index is 1.48. The van der Waals surface area contributed by atoms with Gasteiger partial charge in [0.1, 0.15) is 0 Å². The van der Waals surface area contributed by atoms with Gasteiger partial charge >= 0.3 is 0 Å². The Labute approximate surface area is 159 Å². The minimum absolute atomic E-state index is 0.115. The molecule has 2 fully saturated rings. The van der Waals surface area contributed by atoms with Gasteiger partial charge in [0.25, 0.3) is 10.2 Å². The lowest BCUT2D eigenvalue weighted by atomic mass is 9.96. The Morgan fingerprint density at radius 3 is 2.58 bits per heavy atom. The number of piperazine rings is 1. The van der Waals surface area contributed by atoms with Crippen molar-refractivity contribution in [1.29, 1.82) is 0 Å². The van der Waals surface area contributed by atoms with E-state index in [4.69, 9.17) is 0 Å². The molecule has 0 atom stereocenters. The van der Waals surface area contributed by atoms with Crippen molar-refractivity contribution in [3.8, 4) is 0 Å². The molecular weight excluding hydrogens is 374 g/mol. The van der Waals surface area contributed by atoms with Gasteiger partial charge in [-0.3, -0.25) is 9.69 Å². The maximum absolute atomic E-state index is 12.9. The number of hydrogen-bond acceptors (Lipinski definition) is 6. The van der Waals surface area contributed by atoms with Crippen LogP contribution in [0.2, 0.25) is 0 Å². The van der Waals surface area contributed by atoms with Gasteiger partial charge in [-0.1, -0.05) is 19.3 Å². The summed E-state index contributed by atoms with van der Waals surface area (Å²) in [7, 11) is -1.72. The summed E-state index contributed by atoms with van der Waals surface area (Å²) in [4.78, 5) is 18.1. The van der Waals surface area contributed by atoms with Crippen LogP contribution in [0.1, 0.15) is 32.1 Å². The normalized spacial score (nSPS) is 21.2. The fraction of sp³-hybridized carbons (Fsp3) is 0.750. The fourth-order valence-electron chi connectivity index (χ4n) is 3.58. The van der Waals surface area contributed by atoms with E-state index < -0.39 is 10.2 Å². The van der Waals surface area contributed by atoms with E-state index >= 15 is 0 Å². The van der Waals surface area contributed by atoms with Gasteiger partial charge in [-0.05, 0) is 12.8 Å². The smallest absolute Gasteiger partial charge is 0.282 e. The van der Waals surface area contributed by atoms with Crippen LogP contribution in [0.3, 0.4) is 0 Å². The SMILES string of the molecule is CN(C1CCCCC1)S(=O)(=O)N1CCN(CC(=O)Nc2nccs2)CC1. The standard InChI is InChI=1S/C16H27N5O3S2/c1-19(14-5-3-2-4-6-14)26(23,24)21-10-8-20(9-11-21)13-15(22)18-16-17-7-12-25-16/h7,12,14H,2-6,8-11,13H2,1H3,(H,17,18,22). The first-order valence-electron chi connectivity index (χ1n) is 9.11. The van der Waals surface area contributed by atoms with Crippen LogP contribution in [0.25, 0.3) is 0 Å². The molecule has 10 heteroatoms. The second kappa shape index (κ2) is 8.75. The molecular formula is C16H27N5O3S2. The molecule has 8 nitrogen and oxygen atoms in total. The molecule has 1 N–H and O–H groups in total. The third-order valence-corrected chi connectivity index (χ3v) is 7.89. The number of carbonyl (C=O) groups is 1. The van der Waals surface area contributed by atoms with Crippen LogP contribution in [0, 0.1) is 0 Å². The van der Waals surface area contributed by atoms with Crippen molar-refractivity contribution in [2.45, 2.75) is 38.1 Å². The van der Waals surface area contributed by atoms with E-state index in [1.54, 1.807) is 21.9 Å². The molecule has 1 saturated heterocycles. The summed E-state index contributed by atoms with van der Waals surface area (Å²) in [5.74, 6) is -0.115. The van der Waals surface area contributed by atoms with E-state index in [0.717, 1.165) is 25.7 Å². The predicted molar refractivity (Wildman–Crippen MR) is 102 cm³/mol. The molecule has 0 bridgehead atoms. The van der Waals surface area contributed by atoms with Crippen LogP contribution in [0.5, 0.6) is 0 Å². The molecule has 0 aromatic carbocycles. The number of anilines is 1. The molecule has 1 aliphatic carbocycles.